The average Bonchev–Trinajstić information content (AvgIpc) is 3.62. The topological polar surface area (TPSA) is 95.4 Å². The summed E-state index contributed by atoms with van der Waals surface area (Å²) in [4.78, 5) is 27.8. The molecule has 0 aliphatic carbocycles. The van der Waals surface area contributed by atoms with Crippen molar-refractivity contribution in [1.29, 1.82) is 0 Å². The first-order valence-corrected chi connectivity index (χ1v) is 12.8. The molecule has 5 heterocycles. The fraction of sp³-hybridized carbons (Fsp3) is 0. The number of oxazole rings is 1. The first-order valence-electron chi connectivity index (χ1n) is 12.8. The first kappa shape index (κ1) is 22.2. The van der Waals surface area contributed by atoms with E-state index in [1.54, 1.807) is 24.8 Å². The molecule has 3 aromatic carbocycles. The standard InChI is InChI=1S/C32H19N7O/c1-2-6-22(7-3-1)31-35-24-10-11-26-27(28(24)40-31)23-8-4-5-9-25(23)39(26)32-37-29(20-12-16-33-17-13-20)36-30(38-32)21-14-18-34-19-15-21/h1-19H. The predicted molar refractivity (Wildman–Crippen MR) is 154 cm³/mol. The molecule has 8 heteroatoms. The Hall–Kier alpha value is -5.76. The van der Waals surface area contributed by atoms with Crippen molar-refractivity contribution in [2.45, 2.75) is 0 Å². The summed E-state index contributed by atoms with van der Waals surface area (Å²) in [5, 5.41) is 1.98. The van der Waals surface area contributed by atoms with Gasteiger partial charge in [0.2, 0.25) is 11.8 Å². The number of hydrogen-bond acceptors (Lipinski definition) is 7. The molecule has 0 saturated heterocycles. The molecule has 188 valence electrons. The van der Waals surface area contributed by atoms with E-state index in [9.17, 15) is 0 Å². The van der Waals surface area contributed by atoms with Gasteiger partial charge in [0.1, 0.15) is 5.52 Å². The van der Waals surface area contributed by atoms with Crippen LogP contribution >= 0.6 is 0 Å². The number of hydrogen-bond donors (Lipinski definition) is 0. The molecular formula is C32H19N7O. The highest BCUT2D eigenvalue weighted by Crippen LogP contribution is 2.38. The lowest BCUT2D eigenvalue weighted by molar-refractivity contribution is 0.623. The molecule has 0 bridgehead atoms. The monoisotopic (exact) mass is 517 g/mol. The Bertz CT molecular complexity index is 2100. The molecule has 40 heavy (non-hydrogen) atoms. The minimum absolute atomic E-state index is 0.502. The molecule has 0 saturated carbocycles. The van der Waals surface area contributed by atoms with E-state index in [4.69, 9.17) is 24.4 Å². The van der Waals surface area contributed by atoms with Gasteiger partial charge in [0.05, 0.1) is 16.4 Å². The van der Waals surface area contributed by atoms with Crippen molar-refractivity contribution in [1.82, 2.24) is 34.5 Å². The molecule has 0 unspecified atom stereocenters. The fourth-order valence-corrected chi connectivity index (χ4v) is 5.08. The van der Waals surface area contributed by atoms with Gasteiger partial charge in [0, 0.05) is 46.9 Å². The average molecular weight is 518 g/mol. The summed E-state index contributed by atoms with van der Waals surface area (Å²) in [5.74, 6) is 2.19. The molecular weight excluding hydrogens is 498 g/mol. The first-order chi connectivity index (χ1) is 19.8. The maximum absolute atomic E-state index is 6.42. The molecule has 0 aliphatic heterocycles. The smallest absolute Gasteiger partial charge is 0.238 e. The maximum Gasteiger partial charge on any atom is 0.238 e. The lowest BCUT2D eigenvalue weighted by Crippen LogP contribution is -2.06. The highest BCUT2D eigenvalue weighted by Gasteiger charge is 2.21. The molecule has 8 aromatic rings. The summed E-state index contributed by atoms with van der Waals surface area (Å²) in [6.07, 6.45) is 6.93. The molecule has 5 aromatic heterocycles. The zero-order valence-corrected chi connectivity index (χ0v) is 21.0. The largest absolute Gasteiger partial charge is 0.435 e. The lowest BCUT2D eigenvalue weighted by Gasteiger charge is -2.10. The second-order valence-corrected chi connectivity index (χ2v) is 9.30. The Kier molecular flexibility index (Phi) is 4.96. The molecule has 8 nitrogen and oxygen atoms in total. The van der Waals surface area contributed by atoms with Crippen LogP contribution in [0.3, 0.4) is 0 Å². The molecule has 8 rings (SSSR count). The van der Waals surface area contributed by atoms with E-state index in [-0.39, 0.29) is 0 Å². The van der Waals surface area contributed by atoms with Crippen LogP contribution < -0.4 is 0 Å². The Balaban J connectivity index is 1.43. The second kappa shape index (κ2) is 8.92. The Morgan fingerprint density at radius 2 is 1.18 bits per heavy atom. The van der Waals surface area contributed by atoms with E-state index in [1.165, 1.54) is 0 Å². The number of pyridine rings is 2. The number of benzene rings is 3. The van der Waals surface area contributed by atoms with Gasteiger partial charge in [-0.25, -0.2) is 9.97 Å². The van der Waals surface area contributed by atoms with Gasteiger partial charge in [-0.15, -0.1) is 0 Å². The molecule has 0 fully saturated rings. The molecule has 0 radical (unpaired) electrons. The van der Waals surface area contributed by atoms with Crippen molar-refractivity contribution in [3.05, 3.63) is 116 Å². The summed E-state index contributed by atoms with van der Waals surface area (Å²) >= 11 is 0. The van der Waals surface area contributed by atoms with Gasteiger partial charge in [-0.1, -0.05) is 36.4 Å². The van der Waals surface area contributed by atoms with Crippen molar-refractivity contribution in [2.24, 2.45) is 0 Å². The predicted octanol–water partition coefficient (Wildman–Crippen LogP) is 6.90. The lowest BCUT2D eigenvalue weighted by atomic mass is 10.1. The van der Waals surface area contributed by atoms with Gasteiger partial charge in [-0.05, 0) is 54.6 Å². The van der Waals surface area contributed by atoms with Crippen LogP contribution in [0.2, 0.25) is 0 Å². The van der Waals surface area contributed by atoms with Crippen LogP contribution in [0.4, 0.5) is 0 Å². The van der Waals surface area contributed by atoms with Crippen LogP contribution in [0.25, 0.3) is 73.1 Å². The van der Waals surface area contributed by atoms with Crippen LogP contribution in [0.5, 0.6) is 0 Å². The van der Waals surface area contributed by atoms with Gasteiger partial charge >= 0.3 is 0 Å². The third kappa shape index (κ3) is 3.54. The van der Waals surface area contributed by atoms with E-state index < -0.39 is 0 Å². The van der Waals surface area contributed by atoms with Crippen molar-refractivity contribution < 1.29 is 4.42 Å². The van der Waals surface area contributed by atoms with E-state index in [0.29, 0.717) is 23.5 Å². The summed E-state index contributed by atoms with van der Waals surface area (Å²) < 4.78 is 8.48. The van der Waals surface area contributed by atoms with Gasteiger partial charge in [0.15, 0.2) is 17.2 Å². The Labute approximate surface area is 227 Å². The molecule has 0 aliphatic rings. The number of aromatic nitrogens is 7. The van der Waals surface area contributed by atoms with E-state index in [2.05, 4.69) is 32.7 Å². The fourth-order valence-electron chi connectivity index (χ4n) is 5.08. The van der Waals surface area contributed by atoms with Crippen LogP contribution in [0, 0.1) is 0 Å². The highest BCUT2D eigenvalue weighted by molar-refractivity contribution is 6.19. The van der Waals surface area contributed by atoms with Crippen molar-refractivity contribution in [3.63, 3.8) is 0 Å². The van der Waals surface area contributed by atoms with Gasteiger partial charge in [-0.3, -0.25) is 14.5 Å². The molecule has 0 N–H and O–H groups in total. The minimum atomic E-state index is 0.502. The summed E-state index contributed by atoms with van der Waals surface area (Å²) in [5.41, 5.74) is 6.01. The molecule has 0 spiro atoms. The van der Waals surface area contributed by atoms with Crippen molar-refractivity contribution in [2.75, 3.05) is 0 Å². The summed E-state index contributed by atoms with van der Waals surface area (Å²) in [6.45, 7) is 0. The number of para-hydroxylation sites is 1. The van der Waals surface area contributed by atoms with Crippen LogP contribution in [-0.2, 0) is 0 Å². The van der Waals surface area contributed by atoms with Crippen LogP contribution in [-0.4, -0.2) is 34.5 Å². The van der Waals surface area contributed by atoms with Gasteiger partial charge in [0.25, 0.3) is 0 Å². The van der Waals surface area contributed by atoms with Crippen LogP contribution in [0.15, 0.2) is 120 Å². The SMILES string of the molecule is c1ccc(-c2nc3ccc4c(c5ccccc5n4-c4nc(-c5ccncc5)nc(-c5ccncc5)n4)c3o2)cc1. The Morgan fingerprint density at radius 1 is 0.525 bits per heavy atom. The summed E-state index contributed by atoms with van der Waals surface area (Å²) in [6, 6.07) is 29.7. The number of nitrogens with zero attached hydrogens (tertiary/aromatic N) is 7. The zero-order chi connectivity index (χ0) is 26.5. The second-order valence-electron chi connectivity index (χ2n) is 9.30. The number of fused-ring (bicyclic) bond motifs is 5. The third-order valence-corrected chi connectivity index (χ3v) is 6.91. The van der Waals surface area contributed by atoms with Gasteiger partial charge in [-0.2, -0.15) is 9.97 Å². The van der Waals surface area contributed by atoms with E-state index >= 15 is 0 Å². The summed E-state index contributed by atoms with van der Waals surface area (Å²) in [7, 11) is 0. The van der Waals surface area contributed by atoms with Gasteiger partial charge < -0.3 is 4.42 Å². The molecule has 0 amide bonds. The maximum atomic E-state index is 6.42. The van der Waals surface area contributed by atoms with E-state index in [1.807, 2.05) is 72.8 Å². The third-order valence-electron chi connectivity index (χ3n) is 6.91. The van der Waals surface area contributed by atoms with Crippen molar-refractivity contribution in [3.8, 4) is 40.2 Å². The number of rotatable bonds is 4. The normalized spacial score (nSPS) is 11.5. The van der Waals surface area contributed by atoms with Crippen molar-refractivity contribution >= 4 is 32.9 Å². The zero-order valence-electron chi connectivity index (χ0n) is 21.0. The Morgan fingerprint density at radius 3 is 1.88 bits per heavy atom. The molecule has 0 atom stereocenters. The van der Waals surface area contributed by atoms with E-state index in [0.717, 1.165) is 49.6 Å². The highest BCUT2D eigenvalue weighted by atomic mass is 16.3. The minimum Gasteiger partial charge on any atom is -0.435 e. The van der Waals surface area contributed by atoms with Crippen LogP contribution in [0.1, 0.15) is 0 Å². The quantitative estimate of drug-likeness (QED) is 0.250.